The molecule has 1 aliphatic rings. The Morgan fingerprint density at radius 1 is 1.06 bits per heavy atom. The molecule has 1 aliphatic carbocycles. The molecule has 0 spiro atoms. The van der Waals surface area contributed by atoms with Crippen LogP contribution in [0.2, 0.25) is 0 Å². The Hall–Kier alpha value is -2.71. The Morgan fingerprint density at radius 2 is 1.75 bits per heavy atom. The van der Waals surface area contributed by atoms with Gasteiger partial charge in [-0.25, -0.2) is 13.2 Å². The maximum atomic E-state index is 12.9. The van der Waals surface area contributed by atoms with E-state index >= 15 is 0 Å². The summed E-state index contributed by atoms with van der Waals surface area (Å²) in [6, 6.07) is 13.1. The molecule has 0 saturated heterocycles. The third-order valence-electron chi connectivity index (χ3n) is 5.81. The monoisotopic (exact) mass is 458 g/mol. The van der Waals surface area contributed by atoms with Crippen LogP contribution in [0.5, 0.6) is 0 Å². The van der Waals surface area contributed by atoms with E-state index in [4.69, 9.17) is 4.74 Å². The summed E-state index contributed by atoms with van der Waals surface area (Å²) in [6.07, 6.45) is 5.79. The van der Waals surface area contributed by atoms with E-state index in [1.54, 1.807) is 13.1 Å². The summed E-state index contributed by atoms with van der Waals surface area (Å²) < 4.78 is 32.3. The van der Waals surface area contributed by atoms with Gasteiger partial charge in [0.15, 0.2) is 6.61 Å². The number of nitrogens with zero attached hydrogens (tertiary/aromatic N) is 1. The fourth-order valence-corrected chi connectivity index (χ4v) is 5.27. The summed E-state index contributed by atoms with van der Waals surface area (Å²) in [5.74, 6) is -1.13. The lowest BCUT2D eigenvalue weighted by Crippen LogP contribution is -2.38. The fourth-order valence-electron chi connectivity index (χ4n) is 3.85. The van der Waals surface area contributed by atoms with Gasteiger partial charge in [-0.2, -0.15) is 4.31 Å². The van der Waals surface area contributed by atoms with E-state index < -0.39 is 28.5 Å². The minimum absolute atomic E-state index is 0.00919. The van der Waals surface area contributed by atoms with Crippen molar-refractivity contribution in [3.8, 4) is 0 Å². The van der Waals surface area contributed by atoms with Crippen LogP contribution in [0.4, 0.5) is 5.69 Å². The first kappa shape index (κ1) is 23.9. The number of benzene rings is 2. The number of carbonyl (C=O) groups is 2. The highest BCUT2D eigenvalue weighted by atomic mass is 32.2. The predicted octanol–water partition coefficient (Wildman–Crippen LogP) is 4.00. The summed E-state index contributed by atoms with van der Waals surface area (Å²) in [6.45, 7) is 1.59. The molecule has 7 nitrogen and oxygen atoms in total. The van der Waals surface area contributed by atoms with Crippen molar-refractivity contribution in [2.75, 3.05) is 19.0 Å². The predicted molar refractivity (Wildman–Crippen MR) is 123 cm³/mol. The Morgan fingerprint density at radius 3 is 2.41 bits per heavy atom. The molecule has 0 atom stereocenters. The van der Waals surface area contributed by atoms with Gasteiger partial charge in [0.2, 0.25) is 10.0 Å². The van der Waals surface area contributed by atoms with Gasteiger partial charge in [-0.15, -0.1) is 0 Å². The van der Waals surface area contributed by atoms with Crippen molar-refractivity contribution in [1.29, 1.82) is 0 Å². The molecule has 1 fully saturated rings. The zero-order valence-corrected chi connectivity index (χ0v) is 19.4. The van der Waals surface area contributed by atoms with E-state index in [2.05, 4.69) is 5.32 Å². The van der Waals surface area contributed by atoms with Gasteiger partial charge in [0.05, 0.1) is 10.5 Å². The number of sulfonamides is 1. The van der Waals surface area contributed by atoms with Crippen molar-refractivity contribution in [3.05, 3.63) is 59.7 Å². The van der Waals surface area contributed by atoms with Gasteiger partial charge in [0.25, 0.3) is 5.91 Å². The topological polar surface area (TPSA) is 92.8 Å². The van der Waals surface area contributed by atoms with Crippen LogP contribution in [0.3, 0.4) is 0 Å². The number of amides is 1. The molecule has 0 heterocycles. The van der Waals surface area contributed by atoms with Crippen molar-refractivity contribution < 1.29 is 22.7 Å². The van der Waals surface area contributed by atoms with Crippen LogP contribution in [0, 0.1) is 0 Å². The van der Waals surface area contributed by atoms with E-state index in [9.17, 15) is 18.0 Å². The smallest absolute Gasteiger partial charge is 0.338 e. The third kappa shape index (κ3) is 5.95. The molecule has 1 saturated carbocycles. The fraction of sp³-hybridized carbons (Fsp3) is 0.417. The zero-order valence-electron chi connectivity index (χ0n) is 18.5. The molecule has 172 valence electrons. The first-order chi connectivity index (χ1) is 15.3. The van der Waals surface area contributed by atoms with Crippen molar-refractivity contribution in [2.24, 2.45) is 0 Å². The number of ether oxygens (including phenoxy) is 1. The number of rotatable bonds is 8. The number of hydrogen-bond acceptors (Lipinski definition) is 5. The first-order valence-electron chi connectivity index (χ1n) is 10.9. The molecule has 0 aromatic heterocycles. The van der Waals surface area contributed by atoms with E-state index in [1.807, 2.05) is 25.1 Å². The lowest BCUT2D eigenvalue weighted by molar-refractivity contribution is -0.119. The largest absolute Gasteiger partial charge is 0.452 e. The first-order valence-corrected chi connectivity index (χ1v) is 12.4. The number of nitrogens with one attached hydrogen (secondary N) is 1. The molecular weight excluding hydrogens is 428 g/mol. The van der Waals surface area contributed by atoms with Gasteiger partial charge >= 0.3 is 5.97 Å². The van der Waals surface area contributed by atoms with E-state index in [1.165, 1.54) is 28.6 Å². The van der Waals surface area contributed by atoms with E-state index in [0.717, 1.165) is 44.1 Å². The molecule has 0 bridgehead atoms. The molecule has 0 aliphatic heterocycles. The molecule has 0 unspecified atom stereocenters. The molecule has 32 heavy (non-hydrogen) atoms. The van der Waals surface area contributed by atoms with Crippen molar-refractivity contribution >= 4 is 27.6 Å². The summed E-state index contributed by atoms with van der Waals surface area (Å²) in [4.78, 5) is 24.5. The quantitative estimate of drug-likeness (QED) is 0.604. The Kier molecular flexibility index (Phi) is 8.04. The van der Waals surface area contributed by atoms with Crippen LogP contribution in [0.1, 0.15) is 54.9 Å². The number of carbonyl (C=O) groups excluding carboxylic acids is 2. The van der Waals surface area contributed by atoms with Crippen molar-refractivity contribution in [2.45, 2.75) is 56.4 Å². The highest BCUT2D eigenvalue weighted by Crippen LogP contribution is 2.26. The average Bonchev–Trinajstić information content (AvgIpc) is 2.82. The van der Waals surface area contributed by atoms with Gasteiger partial charge in [-0.05, 0) is 61.2 Å². The molecule has 3 rings (SSSR count). The maximum absolute atomic E-state index is 12.9. The number of anilines is 1. The summed E-state index contributed by atoms with van der Waals surface area (Å²) in [5.41, 5.74) is 1.91. The lowest BCUT2D eigenvalue weighted by atomic mass is 9.96. The summed E-state index contributed by atoms with van der Waals surface area (Å²) >= 11 is 0. The van der Waals surface area contributed by atoms with E-state index in [0.29, 0.717) is 5.69 Å². The van der Waals surface area contributed by atoms with Gasteiger partial charge in [-0.3, -0.25) is 4.79 Å². The molecule has 2 aromatic rings. The minimum Gasteiger partial charge on any atom is -0.452 e. The van der Waals surface area contributed by atoms with Crippen LogP contribution in [0.25, 0.3) is 0 Å². The molecule has 2 aromatic carbocycles. The van der Waals surface area contributed by atoms with E-state index in [-0.39, 0.29) is 16.5 Å². The molecular formula is C24H30N2O5S. The SMILES string of the molecule is CCc1cccc(NC(=O)COC(=O)c2ccc(S(=O)(=O)N(C)C3CCCCC3)cc2)c1. The second-order valence-corrected chi connectivity index (χ2v) is 10.0. The van der Waals surface area contributed by atoms with Gasteiger partial charge in [0, 0.05) is 18.8 Å². The number of hydrogen-bond donors (Lipinski definition) is 1. The third-order valence-corrected chi connectivity index (χ3v) is 7.73. The molecule has 8 heteroatoms. The van der Waals surface area contributed by atoms with Crippen LogP contribution in [0.15, 0.2) is 53.4 Å². The van der Waals surface area contributed by atoms with Gasteiger partial charge in [0.1, 0.15) is 0 Å². The van der Waals surface area contributed by atoms with Crippen LogP contribution >= 0.6 is 0 Å². The van der Waals surface area contributed by atoms with Crippen LogP contribution in [-0.4, -0.2) is 44.3 Å². The maximum Gasteiger partial charge on any atom is 0.338 e. The second-order valence-electron chi connectivity index (χ2n) is 8.02. The molecule has 0 radical (unpaired) electrons. The lowest BCUT2D eigenvalue weighted by Gasteiger charge is -2.30. The minimum atomic E-state index is -3.63. The highest BCUT2D eigenvalue weighted by molar-refractivity contribution is 7.89. The normalized spacial score (nSPS) is 14.8. The van der Waals surface area contributed by atoms with Crippen molar-refractivity contribution in [3.63, 3.8) is 0 Å². The second kappa shape index (κ2) is 10.7. The number of aryl methyl sites for hydroxylation is 1. The summed E-state index contributed by atoms with van der Waals surface area (Å²) in [7, 11) is -2.02. The van der Waals surface area contributed by atoms with Crippen LogP contribution in [-0.2, 0) is 26.0 Å². The molecule has 1 N–H and O–H groups in total. The zero-order chi connectivity index (χ0) is 23.1. The summed E-state index contributed by atoms with van der Waals surface area (Å²) in [5, 5.41) is 2.70. The average molecular weight is 459 g/mol. The Bertz CT molecular complexity index is 1040. The van der Waals surface area contributed by atoms with Gasteiger partial charge in [-0.1, -0.05) is 38.3 Å². The van der Waals surface area contributed by atoms with Crippen molar-refractivity contribution in [1.82, 2.24) is 4.31 Å². The highest BCUT2D eigenvalue weighted by Gasteiger charge is 2.29. The Labute approximate surface area is 189 Å². The standard InChI is InChI=1S/C24H30N2O5S/c1-3-18-8-7-9-20(16-18)25-23(27)17-31-24(28)19-12-14-22(15-13-19)32(29,30)26(2)21-10-5-4-6-11-21/h7-9,12-16,21H,3-6,10-11,17H2,1-2H3,(H,25,27). The van der Waals surface area contributed by atoms with Gasteiger partial charge < -0.3 is 10.1 Å². The van der Waals surface area contributed by atoms with Crippen LogP contribution < -0.4 is 5.32 Å². The molecule has 1 amide bonds. The Balaban J connectivity index is 1.56. The number of esters is 1.